The molecule has 1 amide bonds. The average Bonchev–Trinajstić information content (AvgIpc) is 2.64. The molecule has 5 nitrogen and oxygen atoms in total. The molecule has 2 aromatic carbocycles. The fourth-order valence-electron chi connectivity index (χ4n) is 2.26. The van der Waals surface area contributed by atoms with Gasteiger partial charge in [-0.05, 0) is 41.5 Å². The van der Waals surface area contributed by atoms with Crippen LogP contribution in [0.15, 0.2) is 42.5 Å². The first-order chi connectivity index (χ1) is 12.4. The van der Waals surface area contributed by atoms with Crippen molar-refractivity contribution >= 4 is 35.2 Å². The number of carbonyl (C=O) groups excluding carboxylic acids is 1. The Morgan fingerprint density at radius 3 is 2.50 bits per heavy atom. The van der Waals surface area contributed by atoms with Gasteiger partial charge in [-0.25, -0.2) is 0 Å². The molecule has 0 aliphatic carbocycles. The van der Waals surface area contributed by atoms with Crippen molar-refractivity contribution in [2.75, 3.05) is 20.8 Å². The molecule has 0 aliphatic heterocycles. The molecular formula is C19H19Cl2NO4. The summed E-state index contributed by atoms with van der Waals surface area (Å²) in [4.78, 5) is 11.9. The normalized spacial score (nSPS) is 12.0. The van der Waals surface area contributed by atoms with Crippen LogP contribution < -0.4 is 14.8 Å². The zero-order valence-electron chi connectivity index (χ0n) is 14.3. The average molecular weight is 396 g/mol. The molecule has 2 rings (SSSR count). The number of hydrogen-bond acceptors (Lipinski definition) is 4. The van der Waals surface area contributed by atoms with E-state index < -0.39 is 6.10 Å². The number of halogens is 2. The monoisotopic (exact) mass is 395 g/mol. The van der Waals surface area contributed by atoms with E-state index in [4.69, 9.17) is 32.7 Å². The van der Waals surface area contributed by atoms with Gasteiger partial charge in [-0.15, -0.1) is 0 Å². The highest BCUT2D eigenvalue weighted by molar-refractivity contribution is 6.32. The summed E-state index contributed by atoms with van der Waals surface area (Å²) in [6.07, 6.45) is 2.13. The molecule has 26 heavy (non-hydrogen) atoms. The van der Waals surface area contributed by atoms with Crippen molar-refractivity contribution in [3.63, 3.8) is 0 Å². The molecule has 0 saturated heterocycles. The van der Waals surface area contributed by atoms with Gasteiger partial charge >= 0.3 is 0 Å². The van der Waals surface area contributed by atoms with Crippen LogP contribution >= 0.6 is 23.2 Å². The van der Waals surface area contributed by atoms with Gasteiger partial charge in [0.15, 0.2) is 11.5 Å². The van der Waals surface area contributed by atoms with Crippen LogP contribution in [-0.2, 0) is 4.79 Å². The van der Waals surface area contributed by atoms with E-state index in [1.165, 1.54) is 20.3 Å². The van der Waals surface area contributed by atoms with Gasteiger partial charge in [-0.2, -0.15) is 0 Å². The number of aliphatic hydroxyl groups is 1. The number of amides is 1. The summed E-state index contributed by atoms with van der Waals surface area (Å²) in [5.74, 6) is 0.559. The molecule has 0 saturated carbocycles. The van der Waals surface area contributed by atoms with Crippen LogP contribution in [0.4, 0.5) is 0 Å². The van der Waals surface area contributed by atoms with Crippen LogP contribution in [0.1, 0.15) is 17.2 Å². The second-order valence-corrected chi connectivity index (χ2v) is 6.23. The van der Waals surface area contributed by atoms with Crippen LogP contribution in [0.5, 0.6) is 11.5 Å². The Bertz CT molecular complexity index is 791. The molecule has 0 bridgehead atoms. The SMILES string of the molecule is COc1cc(C=CC(=O)NCC(O)c2ccc(Cl)cc2)cc(Cl)c1OC. The van der Waals surface area contributed by atoms with Gasteiger partial charge in [0.05, 0.1) is 25.3 Å². The Hall–Kier alpha value is -2.21. The predicted octanol–water partition coefficient (Wildman–Crippen LogP) is 3.87. The number of carbonyl (C=O) groups is 1. The van der Waals surface area contributed by atoms with Crippen LogP contribution in [0, 0.1) is 0 Å². The number of aliphatic hydroxyl groups excluding tert-OH is 1. The molecule has 1 atom stereocenters. The fourth-order valence-corrected chi connectivity index (χ4v) is 2.69. The summed E-state index contributed by atoms with van der Waals surface area (Å²) in [7, 11) is 3.01. The lowest BCUT2D eigenvalue weighted by atomic mass is 10.1. The van der Waals surface area contributed by atoms with Crippen molar-refractivity contribution in [3.05, 3.63) is 63.6 Å². The van der Waals surface area contributed by atoms with E-state index in [2.05, 4.69) is 5.32 Å². The van der Waals surface area contributed by atoms with Gasteiger partial charge in [0, 0.05) is 17.6 Å². The second-order valence-electron chi connectivity index (χ2n) is 5.38. The lowest BCUT2D eigenvalue weighted by Gasteiger charge is -2.11. The van der Waals surface area contributed by atoms with E-state index in [9.17, 15) is 9.90 Å². The Labute approximate surface area is 162 Å². The maximum atomic E-state index is 11.9. The zero-order valence-corrected chi connectivity index (χ0v) is 15.8. The summed E-state index contributed by atoms with van der Waals surface area (Å²) >= 11 is 11.9. The first-order valence-corrected chi connectivity index (χ1v) is 8.51. The fraction of sp³-hybridized carbons (Fsp3) is 0.211. The third kappa shape index (κ3) is 5.39. The molecule has 1 unspecified atom stereocenters. The highest BCUT2D eigenvalue weighted by Crippen LogP contribution is 2.36. The highest BCUT2D eigenvalue weighted by atomic mass is 35.5. The number of ether oxygens (including phenoxy) is 2. The summed E-state index contributed by atoms with van der Waals surface area (Å²) in [6, 6.07) is 10.2. The number of benzene rings is 2. The van der Waals surface area contributed by atoms with Gasteiger partial charge in [0.2, 0.25) is 5.91 Å². The molecule has 0 spiro atoms. The Kier molecular flexibility index (Phi) is 7.33. The first kappa shape index (κ1) is 20.1. The minimum atomic E-state index is -0.819. The lowest BCUT2D eigenvalue weighted by Crippen LogP contribution is -2.26. The number of methoxy groups -OCH3 is 2. The van der Waals surface area contributed by atoms with Crippen molar-refractivity contribution in [2.45, 2.75) is 6.10 Å². The molecule has 0 aliphatic rings. The summed E-state index contributed by atoms with van der Waals surface area (Å²) in [6.45, 7) is 0.0808. The topological polar surface area (TPSA) is 67.8 Å². The van der Waals surface area contributed by atoms with Crippen molar-refractivity contribution in [2.24, 2.45) is 0 Å². The van der Waals surface area contributed by atoms with Crippen molar-refractivity contribution in [1.29, 1.82) is 0 Å². The Balaban J connectivity index is 1.97. The molecule has 7 heteroatoms. The first-order valence-electron chi connectivity index (χ1n) is 7.75. The Morgan fingerprint density at radius 1 is 1.19 bits per heavy atom. The summed E-state index contributed by atoms with van der Waals surface area (Å²) in [5.41, 5.74) is 1.35. The van der Waals surface area contributed by atoms with E-state index in [0.29, 0.717) is 32.7 Å². The van der Waals surface area contributed by atoms with Crippen molar-refractivity contribution in [3.8, 4) is 11.5 Å². The maximum Gasteiger partial charge on any atom is 0.244 e. The van der Waals surface area contributed by atoms with E-state index in [0.717, 1.165) is 0 Å². The van der Waals surface area contributed by atoms with E-state index in [-0.39, 0.29) is 12.5 Å². The summed E-state index contributed by atoms with van der Waals surface area (Å²) in [5, 5.41) is 13.7. The van der Waals surface area contributed by atoms with E-state index >= 15 is 0 Å². The van der Waals surface area contributed by atoms with Gasteiger partial charge < -0.3 is 19.9 Å². The zero-order chi connectivity index (χ0) is 19.1. The van der Waals surface area contributed by atoms with E-state index in [1.807, 2.05) is 0 Å². The lowest BCUT2D eigenvalue weighted by molar-refractivity contribution is -0.116. The number of nitrogens with one attached hydrogen (secondary N) is 1. The third-order valence-corrected chi connectivity index (χ3v) is 4.14. The van der Waals surface area contributed by atoms with Crippen LogP contribution in [-0.4, -0.2) is 31.8 Å². The van der Waals surface area contributed by atoms with Gasteiger partial charge in [-0.3, -0.25) is 4.79 Å². The van der Waals surface area contributed by atoms with Gasteiger partial charge in [-0.1, -0.05) is 35.3 Å². The highest BCUT2D eigenvalue weighted by Gasteiger charge is 2.11. The molecule has 0 fully saturated rings. The molecule has 138 valence electrons. The van der Waals surface area contributed by atoms with Crippen LogP contribution in [0.25, 0.3) is 6.08 Å². The van der Waals surface area contributed by atoms with E-state index in [1.54, 1.807) is 42.5 Å². The second kappa shape index (κ2) is 9.48. The number of hydrogen-bond donors (Lipinski definition) is 2. The van der Waals surface area contributed by atoms with Crippen LogP contribution in [0.3, 0.4) is 0 Å². The largest absolute Gasteiger partial charge is 0.493 e. The molecule has 2 N–H and O–H groups in total. The van der Waals surface area contributed by atoms with Gasteiger partial charge in [0.25, 0.3) is 0 Å². The third-order valence-electron chi connectivity index (χ3n) is 3.61. The molecule has 0 aromatic heterocycles. The molecular weight excluding hydrogens is 377 g/mol. The maximum absolute atomic E-state index is 11.9. The standard InChI is InChI=1S/C19H19Cl2NO4/c1-25-17-10-12(9-15(21)19(17)26-2)3-8-18(24)22-11-16(23)13-4-6-14(20)7-5-13/h3-10,16,23H,11H2,1-2H3,(H,22,24). The van der Waals surface area contributed by atoms with Crippen molar-refractivity contribution in [1.82, 2.24) is 5.32 Å². The minimum absolute atomic E-state index is 0.0808. The molecule has 0 heterocycles. The molecule has 0 radical (unpaired) electrons. The number of rotatable bonds is 7. The predicted molar refractivity (Wildman–Crippen MR) is 103 cm³/mol. The Morgan fingerprint density at radius 2 is 1.88 bits per heavy atom. The quantitative estimate of drug-likeness (QED) is 0.698. The van der Waals surface area contributed by atoms with Crippen molar-refractivity contribution < 1.29 is 19.4 Å². The minimum Gasteiger partial charge on any atom is -0.493 e. The van der Waals surface area contributed by atoms with Gasteiger partial charge in [0.1, 0.15) is 0 Å². The smallest absolute Gasteiger partial charge is 0.244 e. The summed E-state index contributed by atoms with van der Waals surface area (Å²) < 4.78 is 10.4. The molecule has 2 aromatic rings. The van der Waals surface area contributed by atoms with Crippen LogP contribution in [0.2, 0.25) is 10.0 Å².